The Bertz CT molecular complexity index is 502. The van der Waals surface area contributed by atoms with Gasteiger partial charge in [-0.25, -0.2) is 0 Å². The van der Waals surface area contributed by atoms with E-state index in [9.17, 15) is 4.79 Å². The van der Waals surface area contributed by atoms with E-state index in [1.54, 1.807) is 0 Å². The Hall–Kier alpha value is -1.40. The van der Waals surface area contributed by atoms with Crippen LogP contribution in [-0.4, -0.2) is 71.1 Å². The quantitative estimate of drug-likeness (QED) is 0.834. The van der Waals surface area contributed by atoms with Crippen molar-refractivity contribution in [1.82, 2.24) is 19.9 Å². The van der Waals surface area contributed by atoms with Crippen molar-refractivity contribution in [3.8, 4) is 0 Å². The molecule has 2 fully saturated rings. The van der Waals surface area contributed by atoms with E-state index < -0.39 is 0 Å². The fourth-order valence-electron chi connectivity index (χ4n) is 3.39. The van der Waals surface area contributed by atoms with Gasteiger partial charge in [-0.15, -0.1) is 0 Å². The average Bonchev–Trinajstić information content (AvgIpc) is 3.18. The molecule has 0 radical (unpaired) electrons. The minimum absolute atomic E-state index is 0.00884. The summed E-state index contributed by atoms with van der Waals surface area (Å²) < 4.78 is 5.12. The number of rotatable bonds is 4. The highest BCUT2D eigenvalue weighted by Gasteiger charge is 2.29. The van der Waals surface area contributed by atoms with Gasteiger partial charge in [0.2, 0.25) is 5.91 Å². The predicted molar refractivity (Wildman–Crippen MR) is 83.4 cm³/mol. The second-order valence-electron chi connectivity index (χ2n) is 6.45. The zero-order valence-electron chi connectivity index (χ0n) is 13.6. The van der Waals surface area contributed by atoms with Crippen LogP contribution in [0.4, 0.5) is 0 Å². The van der Waals surface area contributed by atoms with Crippen LogP contribution in [0, 0.1) is 6.92 Å². The van der Waals surface area contributed by atoms with Gasteiger partial charge in [-0.05, 0) is 26.7 Å². The first-order valence-electron chi connectivity index (χ1n) is 8.31. The molecule has 3 rings (SSSR count). The van der Waals surface area contributed by atoms with Gasteiger partial charge in [-0.2, -0.15) is 0 Å². The van der Waals surface area contributed by atoms with Crippen molar-refractivity contribution in [2.75, 3.05) is 39.3 Å². The Morgan fingerprint density at radius 3 is 2.50 bits per heavy atom. The van der Waals surface area contributed by atoms with Crippen LogP contribution in [0.1, 0.15) is 31.2 Å². The minimum atomic E-state index is 0.00884. The van der Waals surface area contributed by atoms with E-state index in [4.69, 9.17) is 4.52 Å². The minimum Gasteiger partial charge on any atom is -0.361 e. The molecule has 6 heteroatoms. The van der Waals surface area contributed by atoms with E-state index in [-0.39, 0.29) is 6.04 Å². The largest absolute Gasteiger partial charge is 0.361 e. The highest BCUT2D eigenvalue weighted by molar-refractivity contribution is 5.81. The molecule has 0 bridgehead atoms. The Morgan fingerprint density at radius 2 is 1.91 bits per heavy atom. The van der Waals surface area contributed by atoms with Gasteiger partial charge < -0.3 is 9.42 Å². The summed E-state index contributed by atoms with van der Waals surface area (Å²) in [6, 6.07) is 2.00. The lowest BCUT2D eigenvalue weighted by atomic mass is 10.2. The zero-order valence-corrected chi connectivity index (χ0v) is 13.6. The third-order valence-corrected chi connectivity index (χ3v) is 4.79. The molecule has 0 aliphatic carbocycles. The van der Waals surface area contributed by atoms with E-state index >= 15 is 0 Å². The maximum atomic E-state index is 12.5. The van der Waals surface area contributed by atoms with Gasteiger partial charge in [0.1, 0.15) is 5.76 Å². The first-order chi connectivity index (χ1) is 10.6. The molecule has 0 spiro atoms. The van der Waals surface area contributed by atoms with E-state index in [2.05, 4.69) is 21.9 Å². The monoisotopic (exact) mass is 306 g/mol. The van der Waals surface area contributed by atoms with Crippen molar-refractivity contribution in [1.29, 1.82) is 0 Å². The predicted octanol–water partition coefficient (Wildman–Crippen LogP) is 1.11. The van der Waals surface area contributed by atoms with E-state index in [1.165, 1.54) is 0 Å². The molecule has 0 saturated carbocycles. The van der Waals surface area contributed by atoms with Crippen LogP contribution < -0.4 is 0 Å². The van der Waals surface area contributed by atoms with Gasteiger partial charge in [0, 0.05) is 51.9 Å². The molecule has 2 aliphatic heterocycles. The molecule has 2 aliphatic rings. The van der Waals surface area contributed by atoms with Crippen molar-refractivity contribution in [3.63, 3.8) is 0 Å². The van der Waals surface area contributed by atoms with Crippen molar-refractivity contribution < 1.29 is 9.32 Å². The summed E-state index contributed by atoms with van der Waals surface area (Å²) >= 11 is 0. The third-order valence-electron chi connectivity index (χ3n) is 4.79. The molecule has 0 aromatic carbocycles. The molecule has 1 aromatic heterocycles. The van der Waals surface area contributed by atoms with E-state index in [1.807, 2.05) is 17.9 Å². The normalized spacial score (nSPS) is 22.2. The number of carbonyl (C=O) groups excluding carboxylic acids is 1. The standard InChI is InChI=1S/C16H26N4O2/c1-13-11-15(17-22-13)12-18-7-9-19(10-8-18)14(2)16(21)20-5-3-4-6-20/h11,14H,3-10,12H2,1-2H3. The number of nitrogens with zero attached hydrogens (tertiary/aromatic N) is 4. The van der Waals surface area contributed by atoms with Gasteiger partial charge in [0.05, 0.1) is 11.7 Å². The lowest BCUT2D eigenvalue weighted by Crippen LogP contribution is -2.54. The van der Waals surface area contributed by atoms with Crippen LogP contribution in [0.15, 0.2) is 10.6 Å². The zero-order chi connectivity index (χ0) is 15.5. The van der Waals surface area contributed by atoms with Gasteiger partial charge in [-0.3, -0.25) is 14.6 Å². The second kappa shape index (κ2) is 6.79. The smallest absolute Gasteiger partial charge is 0.239 e. The van der Waals surface area contributed by atoms with Gasteiger partial charge >= 0.3 is 0 Å². The van der Waals surface area contributed by atoms with Gasteiger partial charge in [0.25, 0.3) is 0 Å². The fourth-order valence-corrected chi connectivity index (χ4v) is 3.39. The highest BCUT2D eigenvalue weighted by Crippen LogP contribution is 2.15. The summed E-state index contributed by atoms with van der Waals surface area (Å²) in [4.78, 5) is 19.2. The lowest BCUT2D eigenvalue weighted by Gasteiger charge is -2.38. The summed E-state index contributed by atoms with van der Waals surface area (Å²) in [6.45, 7) is 10.5. The SMILES string of the molecule is Cc1cc(CN2CCN(C(C)C(=O)N3CCCC3)CC2)no1. The Labute approximate surface area is 132 Å². The van der Waals surface area contributed by atoms with Crippen LogP contribution in [0.5, 0.6) is 0 Å². The number of hydrogen-bond acceptors (Lipinski definition) is 5. The molecule has 0 N–H and O–H groups in total. The van der Waals surface area contributed by atoms with Crippen molar-refractivity contribution in [2.45, 2.75) is 39.3 Å². The number of carbonyl (C=O) groups is 1. The van der Waals surface area contributed by atoms with Crippen molar-refractivity contribution >= 4 is 5.91 Å². The van der Waals surface area contributed by atoms with Gasteiger partial charge in [-0.1, -0.05) is 5.16 Å². The maximum absolute atomic E-state index is 12.5. The number of aryl methyl sites for hydroxylation is 1. The molecular weight excluding hydrogens is 280 g/mol. The lowest BCUT2D eigenvalue weighted by molar-refractivity contribution is -0.136. The molecule has 1 atom stereocenters. The Balaban J connectivity index is 1.47. The summed E-state index contributed by atoms with van der Waals surface area (Å²) in [5, 5.41) is 4.05. The van der Waals surface area contributed by atoms with Gasteiger partial charge in [0.15, 0.2) is 0 Å². The fraction of sp³-hybridized carbons (Fsp3) is 0.750. The first kappa shape index (κ1) is 15.5. The summed E-state index contributed by atoms with van der Waals surface area (Å²) in [6.07, 6.45) is 2.31. The molecule has 1 amide bonds. The van der Waals surface area contributed by atoms with Crippen molar-refractivity contribution in [3.05, 3.63) is 17.5 Å². The summed E-state index contributed by atoms with van der Waals surface area (Å²) in [7, 11) is 0. The van der Waals surface area contributed by atoms with E-state index in [0.717, 1.165) is 70.1 Å². The van der Waals surface area contributed by atoms with Crippen molar-refractivity contribution in [2.24, 2.45) is 0 Å². The number of piperazine rings is 1. The van der Waals surface area contributed by atoms with Crippen LogP contribution in [0.2, 0.25) is 0 Å². The first-order valence-corrected chi connectivity index (χ1v) is 8.31. The molecule has 1 unspecified atom stereocenters. The van der Waals surface area contributed by atoms with Crippen LogP contribution in [0.3, 0.4) is 0 Å². The number of hydrogen-bond donors (Lipinski definition) is 0. The number of likely N-dealkylation sites (tertiary alicyclic amines) is 1. The summed E-state index contributed by atoms with van der Waals surface area (Å²) in [5.74, 6) is 1.16. The molecule has 3 heterocycles. The Kier molecular flexibility index (Phi) is 4.78. The van der Waals surface area contributed by atoms with E-state index in [0.29, 0.717) is 5.91 Å². The summed E-state index contributed by atoms with van der Waals surface area (Å²) in [5.41, 5.74) is 0.993. The van der Waals surface area contributed by atoms with Crippen LogP contribution in [-0.2, 0) is 11.3 Å². The molecule has 22 heavy (non-hydrogen) atoms. The highest BCUT2D eigenvalue weighted by atomic mass is 16.5. The number of aromatic nitrogens is 1. The molecular formula is C16H26N4O2. The molecule has 6 nitrogen and oxygen atoms in total. The average molecular weight is 306 g/mol. The molecule has 1 aromatic rings. The second-order valence-corrected chi connectivity index (χ2v) is 6.45. The maximum Gasteiger partial charge on any atom is 0.239 e. The molecule has 122 valence electrons. The third kappa shape index (κ3) is 3.50. The number of amides is 1. The Morgan fingerprint density at radius 1 is 1.23 bits per heavy atom. The van der Waals surface area contributed by atoms with Crippen LogP contribution >= 0.6 is 0 Å². The molecule has 2 saturated heterocycles. The van der Waals surface area contributed by atoms with Crippen LogP contribution in [0.25, 0.3) is 0 Å². The topological polar surface area (TPSA) is 52.8 Å².